The highest BCUT2D eigenvalue weighted by Crippen LogP contribution is 2.06. The Kier molecular flexibility index (Phi) is 6.27. The first kappa shape index (κ1) is 14.2. The van der Waals surface area contributed by atoms with Crippen LogP contribution in [0, 0.1) is 0 Å². The molecule has 0 aliphatic rings. The molecule has 0 saturated heterocycles. The molecule has 90 valence electrons. The average Bonchev–Trinajstić information content (AvgIpc) is 2.08. The molecule has 0 fully saturated rings. The highest BCUT2D eigenvalue weighted by Gasteiger charge is 2.16. The van der Waals surface area contributed by atoms with Crippen molar-refractivity contribution in [3.05, 3.63) is 0 Å². The van der Waals surface area contributed by atoms with Gasteiger partial charge in [-0.3, -0.25) is 0 Å². The maximum Gasteiger partial charge on any atom is 0.407 e. The monoisotopic (exact) mass is 219 g/mol. The summed E-state index contributed by atoms with van der Waals surface area (Å²) < 4.78 is 4.98. The van der Waals surface area contributed by atoms with Gasteiger partial charge in [-0.05, 0) is 33.6 Å². The van der Waals surface area contributed by atoms with Crippen molar-refractivity contribution in [3.8, 4) is 0 Å². The number of hydrogen-bond donors (Lipinski definition) is 3. The Morgan fingerprint density at radius 1 is 1.47 bits per heavy atom. The fourth-order valence-corrected chi connectivity index (χ4v) is 0.944. The second-order valence-corrected chi connectivity index (χ2v) is 4.40. The van der Waals surface area contributed by atoms with Crippen LogP contribution in [0.25, 0.3) is 0 Å². The van der Waals surface area contributed by atoms with E-state index in [0.717, 1.165) is 0 Å². The molecule has 0 saturated carbocycles. The number of alkyl carbamates (subject to hydrolysis) is 1. The topological polar surface area (TPSA) is 78.8 Å². The average molecular weight is 219 g/mol. The highest BCUT2D eigenvalue weighted by atomic mass is 16.6. The molecule has 0 rings (SSSR count). The van der Waals surface area contributed by atoms with E-state index in [2.05, 4.69) is 5.32 Å². The first-order chi connectivity index (χ1) is 6.85. The van der Waals surface area contributed by atoms with Crippen molar-refractivity contribution >= 4 is 6.09 Å². The summed E-state index contributed by atoms with van der Waals surface area (Å²) in [6, 6.07) is 0. The van der Waals surface area contributed by atoms with E-state index < -0.39 is 17.8 Å². The molecule has 5 heteroatoms. The van der Waals surface area contributed by atoms with Crippen molar-refractivity contribution in [2.24, 2.45) is 0 Å². The molecule has 0 aliphatic carbocycles. The van der Waals surface area contributed by atoms with Crippen LogP contribution in [0.1, 0.15) is 33.6 Å². The van der Waals surface area contributed by atoms with Gasteiger partial charge in [-0.25, -0.2) is 4.79 Å². The number of nitrogens with one attached hydrogen (secondary N) is 1. The van der Waals surface area contributed by atoms with E-state index in [4.69, 9.17) is 9.84 Å². The summed E-state index contributed by atoms with van der Waals surface area (Å²) >= 11 is 0. The third-order valence-electron chi connectivity index (χ3n) is 1.58. The zero-order valence-electron chi connectivity index (χ0n) is 9.62. The van der Waals surface area contributed by atoms with E-state index in [1.165, 1.54) is 0 Å². The van der Waals surface area contributed by atoms with E-state index in [-0.39, 0.29) is 13.2 Å². The van der Waals surface area contributed by atoms with Gasteiger partial charge in [-0.2, -0.15) is 0 Å². The fraction of sp³-hybridized carbons (Fsp3) is 0.900. The van der Waals surface area contributed by atoms with Gasteiger partial charge < -0.3 is 20.3 Å². The maximum atomic E-state index is 11.1. The summed E-state index contributed by atoms with van der Waals surface area (Å²) in [6.07, 6.45) is -0.182. The van der Waals surface area contributed by atoms with Gasteiger partial charge in [0.2, 0.25) is 0 Å². The number of hydrogen-bond acceptors (Lipinski definition) is 4. The quantitative estimate of drug-likeness (QED) is 0.634. The van der Waals surface area contributed by atoms with Crippen LogP contribution in [-0.2, 0) is 4.74 Å². The van der Waals surface area contributed by atoms with Crippen molar-refractivity contribution in [2.75, 3.05) is 13.2 Å². The molecule has 0 spiro atoms. The lowest BCUT2D eigenvalue weighted by Gasteiger charge is -2.20. The predicted octanol–water partition coefficient (Wildman–Crippen LogP) is 0.645. The zero-order valence-corrected chi connectivity index (χ0v) is 9.62. The smallest absolute Gasteiger partial charge is 0.407 e. The summed E-state index contributed by atoms with van der Waals surface area (Å²) in [5.74, 6) is 0. The molecule has 0 radical (unpaired) electrons. The fourth-order valence-electron chi connectivity index (χ4n) is 0.944. The van der Waals surface area contributed by atoms with Gasteiger partial charge in [0.1, 0.15) is 5.60 Å². The van der Waals surface area contributed by atoms with Gasteiger partial charge in [0.05, 0.1) is 6.10 Å². The zero-order chi connectivity index (χ0) is 11.9. The minimum atomic E-state index is -0.635. The van der Waals surface area contributed by atoms with Gasteiger partial charge in [-0.15, -0.1) is 0 Å². The van der Waals surface area contributed by atoms with Gasteiger partial charge in [0.15, 0.2) is 0 Å². The molecular formula is C10H21NO4. The van der Waals surface area contributed by atoms with Crippen molar-refractivity contribution < 1.29 is 19.7 Å². The Balaban J connectivity index is 3.62. The Morgan fingerprint density at radius 2 is 2.07 bits per heavy atom. The molecule has 0 bridgehead atoms. The molecule has 0 aromatic heterocycles. The van der Waals surface area contributed by atoms with Gasteiger partial charge in [0.25, 0.3) is 0 Å². The number of carbonyl (C=O) groups is 1. The summed E-state index contributed by atoms with van der Waals surface area (Å²) in [4.78, 5) is 11.1. The van der Waals surface area contributed by atoms with Crippen molar-refractivity contribution in [3.63, 3.8) is 0 Å². The SMILES string of the molecule is CC(C)(C)OC(=O)NCC(O)CCCO. The van der Waals surface area contributed by atoms with Crippen LogP contribution in [0.15, 0.2) is 0 Å². The Bertz CT molecular complexity index is 188. The second-order valence-electron chi connectivity index (χ2n) is 4.40. The lowest BCUT2D eigenvalue weighted by molar-refractivity contribution is 0.0486. The van der Waals surface area contributed by atoms with Crippen molar-refractivity contribution in [1.29, 1.82) is 0 Å². The first-order valence-electron chi connectivity index (χ1n) is 5.11. The summed E-state index contributed by atoms with van der Waals surface area (Å²) in [5, 5.41) is 20.3. The number of rotatable bonds is 5. The van der Waals surface area contributed by atoms with Crippen LogP contribution in [0.3, 0.4) is 0 Å². The van der Waals surface area contributed by atoms with Gasteiger partial charge >= 0.3 is 6.09 Å². The Labute approximate surface area is 90.4 Å². The van der Waals surface area contributed by atoms with Crippen LogP contribution in [0.5, 0.6) is 0 Å². The van der Waals surface area contributed by atoms with E-state index in [1.54, 1.807) is 20.8 Å². The van der Waals surface area contributed by atoms with Crippen molar-refractivity contribution in [1.82, 2.24) is 5.32 Å². The predicted molar refractivity (Wildman–Crippen MR) is 56.6 cm³/mol. The molecule has 0 heterocycles. The molecule has 1 amide bonds. The van der Waals surface area contributed by atoms with E-state index in [1.807, 2.05) is 0 Å². The second kappa shape index (κ2) is 6.63. The number of amides is 1. The molecule has 1 atom stereocenters. The number of aliphatic hydroxyl groups is 2. The number of aliphatic hydroxyl groups excluding tert-OH is 2. The standard InChI is InChI=1S/C10H21NO4/c1-10(2,3)15-9(14)11-7-8(13)5-4-6-12/h8,12-13H,4-7H2,1-3H3,(H,11,14). The summed E-state index contributed by atoms with van der Waals surface area (Å²) in [7, 11) is 0. The molecular weight excluding hydrogens is 198 g/mol. The Morgan fingerprint density at radius 3 is 2.53 bits per heavy atom. The van der Waals surface area contributed by atoms with Crippen LogP contribution in [0.2, 0.25) is 0 Å². The van der Waals surface area contributed by atoms with Gasteiger partial charge in [-0.1, -0.05) is 0 Å². The molecule has 0 aliphatic heterocycles. The molecule has 1 unspecified atom stereocenters. The third-order valence-corrected chi connectivity index (χ3v) is 1.58. The van der Waals surface area contributed by atoms with Crippen LogP contribution in [-0.4, -0.2) is 41.2 Å². The van der Waals surface area contributed by atoms with E-state index in [9.17, 15) is 9.90 Å². The molecule has 5 nitrogen and oxygen atoms in total. The van der Waals surface area contributed by atoms with Gasteiger partial charge in [0, 0.05) is 13.2 Å². The van der Waals surface area contributed by atoms with Crippen molar-refractivity contribution in [2.45, 2.75) is 45.3 Å². The normalized spacial score (nSPS) is 13.4. The summed E-state index contributed by atoms with van der Waals surface area (Å²) in [6.45, 7) is 5.51. The number of ether oxygens (including phenoxy) is 1. The van der Waals surface area contributed by atoms with Crippen LogP contribution in [0.4, 0.5) is 4.79 Å². The van der Waals surface area contributed by atoms with E-state index in [0.29, 0.717) is 12.8 Å². The maximum absolute atomic E-state index is 11.1. The molecule has 0 aromatic carbocycles. The molecule has 3 N–H and O–H groups in total. The third kappa shape index (κ3) is 9.49. The minimum absolute atomic E-state index is 0.0451. The first-order valence-corrected chi connectivity index (χ1v) is 5.11. The largest absolute Gasteiger partial charge is 0.444 e. The van der Waals surface area contributed by atoms with Crippen LogP contribution < -0.4 is 5.32 Å². The number of carbonyl (C=O) groups excluding carboxylic acids is 1. The molecule has 15 heavy (non-hydrogen) atoms. The lowest BCUT2D eigenvalue weighted by atomic mass is 10.2. The molecule has 0 aromatic rings. The minimum Gasteiger partial charge on any atom is -0.444 e. The van der Waals surface area contributed by atoms with E-state index >= 15 is 0 Å². The van der Waals surface area contributed by atoms with Crippen LogP contribution >= 0.6 is 0 Å². The highest BCUT2D eigenvalue weighted by molar-refractivity contribution is 5.67. The Hall–Kier alpha value is -0.810. The summed E-state index contributed by atoms with van der Waals surface area (Å²) in [5.41, 5.74) is -0.528. The lowest BCUT2D eigenvalue weighted by Crippen LogP contribution is -2.36.